The van der Waals surface area contributed by atoms with Gasteiger partial charge in [-0.25, -0.2) is 10.1 Å². The Bertz CT molecular complexity index is 940. The Morgan fingerprint density at radius 3 is 2.21 bits per heavy atom. The minimum atomic E-state index is -0.418. The Labute approximate surface area is 161 Å². The van der Waals surface area contributed by atoms with Crippen molar-refractivity contribution in [2.75, 3.05) is 13.1 Å². The van der Waals surface area contributed by atoms with E-state index in [4.69, 9.17) is 4.98 Å². The van der Waals surface area contributed by atoms with E-state index in [0.29, 0.717) is 32.4 Å². The van der Waals surface area contributed by atoms with Crippen molar-refractivity contribution < 1.29 is 9.96 Å². The summed E-state index contributed by atoms with van der Waals surface area (Å²) in [5.74, 6) is 0.0683. The number of pyridine rings is 2. The van der Waals surface area contributed by atoms with Crippen LogP contribution in [0.5, 0.6) is 0 Å². The smallest absolute Gasteiger partial charge is 0.260 e. The molecule has 2 aliphatic rings. The van der Waals surface area contributed by atoms with Gasteiger partial charge in [0.1, 0.15) is 6.20 Å². The third kappa shape index (κ3) is 3.28. The van der Waals surface area contributed by atoms with Crippen LogP contribution in [0.4, 0.5) is 5.69 Å². The number of aryl methyl sites for hydroxylation is 3. The van der Waals surface area contributed by atoms with Crippen LogP contribution in [0.2, 0.25) is 0 Å². The van der Waals surface area contributed by atoms with Crippen LogP contribution in [0.3, 0.4) is 0 Å². The summed E-state index contributed by atoms with van der Waals surface area (Å²) in [4.78, 5) is 31.1. The monoisotopic (exact) mass is 383 g/mol. The van der Waals surface area contributed by atoms with E-state index >= 15 is 0 Å². The minimum Gasteiger partial charge on any atom is -0.260 e. The highest BCUT2D eigenvalue weighted by molar-refractivity contribution is 5.44. The third-order valence-corrected chi connectivity index (χ3v) is 5.81. The minimum absolute atomic E-state index is 0.00392. The van der Waals surface area contributed by atoms with Gasteiger partial charge in [-0.1, -0.05) is 6.07 Å². The molecular formula is C19H21N5O4. The average Bonchev–Trinajstić information content (AvgIpc) is 2.84. The molecule has 9 heteroatoms. The van der Waals surface area contributed by atoms with Gasteiger partial charge in [0.05, 0.1) is 29.4 Å². The molecule has 28 heavy (non-hydrogen) atoms. The van der Waals surface area contributed by atoms with Crippen LogP contribution < -0.4 is 0 Å². The first-order valence-corrected chi connectivity index (χ1v) is 9.42. The number of hydrazine groups is 1. The van der Waals surface area contributed by atoms with E-state index in [1.807, 2.05) is 13.1 Å². The average molecular weight is 383 g/mol. The number of nitro groups is 2. The van der Waals surface area contributed by atoms with Crippen molar-refractivity contribution in [3.8, 4) is 0 Å². The van der Waals surface area contributed by atoms with Gasteiger partial charge in [-0.2, -0.15) is 0 Å². The summed E-state index contributed by atoms with van der Waals surface area (Å²) in [6.07, 6.45) is 5.92. The van der Waals surface area contributed by atoms with E-state index in [1.54, 1.807) is 6.07 Å². The maximum Gasteiger partial charge on any atom is 0.287 e. The Morgan fingerprint density at radius 1 is 1.00 bits per heavy atom. The highest BCUT2D eigenvalue weighted by Gasteiger charge is 2.37. The number of aromatic nitrogens is 2. The van der Waals surface area contributed by atoms with Crippen LogP contribution in [-0.4, -0.2) is 38.0 Å². The molecule has 2 aromatic rings. The number of hydrogen-bond donors (Lipinski definition) is 0. The van der Waals surface area contributed by atoms with Crippen LogP contribution >= 0.6 is 0 Å². The number of piperidine rings is 1. The molecule has 4 rings (SSSR count). The molecule has 146 valence electrons. The number of fused-ring (bicyclic) bond motifs is 2. The molecule has 1 fully saturated rings. The van der Waals surface area contributed by atoms with Gasteiger partial charge >= 0.3 is 0 Å². The standard InChI is InChI=1S/C19H21N5O4/c1-12-8-14-2-3-15-9-16(23(25)26)11-21-19(15)17(18(14)20-10-12)13-4-6-22(7-5-13)24(27)28/h8-11,13,17H,2-7H2,1H3. The first-order valence-electron chi connectivity index (χ1n) is 9.42. The van der Waals surface area contributed by atoms with Crippen LogP contribution in [0.1, 0.15) is 46.8 Å². The molecule has 1 aliphatic heterocycles. The van der Waals surface area contributed by atoms with Gasteiger partial charge < -0.3 is 0 Å². The summed E-state index contributed by atoms with van der Waals surface area (Å²) in [6.45, 7) is 2.77. The fourth-order valence-electron chi connectivity index (χ4n) is 4.44. The fraction of sp³-hybridized carbons (Fsp3) is 0.474. The fourth-order valence-corrected chi connectivity index (χ4v) is 4.44. The summed E-state index contributed by atoms with van der Waals surface area (Å²) in [5.41, 5.74) is 4.89. The zero-order chi connectivity index (χ0) is 19.8. The maximum absolute atomic E-state index is 11.2. The highest BCUT2D eigenvalue weighted by Crippen LogP contribution is 2.42. The lowest BCUT2D eigenvalue weighted by Gasteiger charge is -2.32. The van der Waals surface area contributed by atoms with Gasteiger partial charge in [0.2, 0.25) is 0 Å². The number of rotatable bonds is 3. The van der Waals surface area contributed by atoms with Gasteiger partial charge in [-0.3, -0.25) is 20.1 Å². The first kappa shape index (κ1) is 18.3. The molecular weight excluding hydrogens is 362 g/mol. The van der Waals surface area contributed by atoms with Crippen LogP contribution in [0.25, 0.3) is 0 Å². The lowest BCUT2D eigenvalue weighted by Crippen LogP contribution is -2.39. The van der Waals surface area contributed by atoms with E-state index in [2.05, 4.69) is 11.1 Å². The molecule has 1 atom stereocenters. The second-order valence-corrected chi connectivity index (χ2v) is 7.56. The van der Waals surface area contributed by atoms with Crippen molar-refractivity contribution in [2.24, 2.45) is 5.92 Å². The molecule has 0 amide bonds. The SMILES string of the molecule is Cc1cnc2c(c1)CCc1cc([N+](=O)[O-])cnc1C2C1CCN([N+](=O)[O-])CC1. The van der Waals surface area contributed by atoms with Crippen molar-refractivity contribution in [3.05, 3.63) is 72.8 Å². The van der Waals surface area contributed by atoms with Crippen LogP contribution in [-0.2, 0) is 12.8 Å². The van der Waals surface area contributed by atoms with Gasteiger partial charge in [0, 0.05) is 18.2 Å². The number of hydrogen-bond acceptors (Lipinski definition) is 6. The van der Waals surface area contributed by atoms with Gasteiger partial charge in [0.25, 0.3) is 5.69 Å². The Morgan fingerprint density at radius 2 is 1.61 bits per heavy atom. The van der Waals surface area contributed by atoms with Crippen molar-refractivity contribution in [1.82, 2.24) is 15.0 Å². The summed E-state index contributed by atoms with van der Waals surface area (Å²) >= 11 is 0. The number of nitrogens with zero attached hydrogens (tertiary/aromatic N) is 5. The molecule has 0 N–H and O–H groups in total. The Kier molecular flexibility index (Phi) is 4.66. The third-order valence-electron chi connectivity index (χ3n) is 5.81. The molecule has 9 nitrogen and oxygen atoms in total. The Hall–Kier alpha value is -3.10. The van der Waals surface area contributed by atoms with Crippen molar-refractivity contribution in [2.45, 2.75) is 38.5 Å². The van der Waals surface area contributed by atoms with Crippen LogP contribution in [0.15, 0.2) is 24.5 Å². The highest BCUT2D eigenvalue weighted by atomic mass is 16.7. The van der Waals surface area contributed by atoms with Gasteiger partial charge in [-0.15, -0.1) is 5.01 Å². The van der Waals surface area contributed by atoms with E-state index < -0.39 is 4.92 Å². The summed E-state index contributed by atoms with van der Waals surface area (Å²) in [7, 11) is 0. The lowest BCUT2D eigenvalue weighted by molar-refractivity contribution is -0.658. The van der Waals surface area contributed by atoms with Crippen molar-refractivity contribution >= 4 is 5.69 Å². The zero-order valence-electron chi connectivity index (χ0n) is 15.6. The maximum atomic E-state index is 11.2. The predicted octanol–water partition coefficient (Wildman–Crippen LogP) is 2.83. The molecule has 0 saturated carbocycles. The molecule has 0 aromatic carbocycles. The topological polar surface area (TPSA) is 115 Å². The zero-order valence-corrected chi connectivity index (χ0v) is 15.6. The van der Waals surface area contributed by atoms with E-state index in [-0.39, 0.29) is 22.6 Å². The van der Waals surface area contributed by atoms with Crippen LogP contribution in [0, 0.1) is 33.1 Å². The van der Waals surface area contributed by atoms with Gasteiger partial charge in [-0.05, 0) is 55.2 Å². The molecule has 1 aliphatic carbocycles. The Balaban J connectivity index is 1.77. The predicted molar refractivity (Wildman–Crippen MR) is 100 cm³/mol. The second-order valence-electron chi connectivity index (χ2n) is 7.56. The molecule has 1 saturated heterocycles. The van der Waals surface area contributed by atoms with Crippen molar-refractivity contribution in [3.63, 3.8) is 0 Å². The molecule has 0 bridgehead atoms. The second kappa shape index (κ2) is 7.14. The van der Waals surface area contributed by atoms with Crippen molar-refractivity contribution in [1.29, 1.82) is 0 Å². The van der Waals surface area contributed by atoms with E-state index in [1.165, 1.54) is 11.2 Å². The molecule has 1 unspecified atom stereocenters. The summed E-state index contributed by atoms with van der Waals surface area (Å²) in [5, 5.41) is 23.2. The molecule has 3 heterocycles. The quantitative estimate of drug-likeness (QED) is 0.591. The molecule has 2 aromatic heterocycles. The normalized spacial score (nSPS) is 19.5. The first-order chi connectivity index (χ1) is 13.4. The van der Waals surface area contributed by atoms with E-state index in [0.717, 1.165) is 34.5 Å². The van der Waals surface area contributed by atoms with E-state index in [9.17, 15) is 20.2 Å². The lowest BCUT2D eigenvalue weighted by atomic mass is 9.78. The summed E-state index contributed by atoms with van der Waals surface area (Å²) < 4.78 is 0. The summed E-state index contributed by atoms with van der Waals surface area (Å²) in [6, 6.07) is 3.75. The van der Waals surface area contributed by atoms with Gasteiger partial charge in [0.15, 0.2) is 5.03 Å². The largest absolute Gasteiger partial charge is 0.287 e. The molecule has 0 spiro atoms. The molecule has 0 radical (unpaired) electrons.